The third kappa shape index (κ3) is 5.79. The molecule has 0 fully saturated rings. The number of rotatable bonds is 9. The zero-order valence-electron chi connectivity index (χ0n) is 16.4. The highest BCUT2D eigenvalue weighted by Crippen LogP contribution is 2.27. The number of benzene rings is 3. The Balaban J connectivity index is 1.88. The number of hydrogen-bond donors (Lipinski definition) is 1. The lowest BCUT2D eigenvalue weighted by Gasteiger charge is -2.28. The number of carbonyl (C=O) groups excluding carboxylic acids is 2. The minimum atomic E-state index is -0.416. The summed E-state index contributed by atoms with van der Waals surface area (Å²) in [5, 5.41) is 0. The minimum Gasteiger partial charge on any atom is -0.370 e. The first kappa shape index (κ1) is 20.3. The molecule has 2 N–H and O–H groups in total. The Morgan fingerprint density at radius 1 is 0.724 bits per heavy atom. The van der Waals surface area contributed by atoms with Crippen LogP contribution in [0.4, 0.5) is 0 Å². The fraction of sp³-hybridized carbons (Fsp3) is 0.200. The van der Waals surface area contributed by atoms with E-state index in [0.29, 0.717) is 13.1 Å². The molecule has 0 unspecified atom stereocenters. The molecule has 0 aliphatic heterocycles. The fourth-order valence-electron chi connectivity index (χ4n) is 3.44. The van der Waals surface area contributed by atoms with Crippen molar-refractivity contribution in [1.82, 2.24) is 4.90 Å². The van der Waals surface area contributed by atoms with Crippen molar-refractivity contribution in [1.29, 1.82) is 0 Å². The molecule has 3 aromatic rings. The quantitative estimate of drug-likeness (QED) is 0.608. The Bertz CT molecular complexity index is 872. The number of carbonyl (C=O) groups is 2. The van der Waals surface area contributed by atoms with Gasteiger partial charge in [0.2, 0.25) is 11.8 Å². The van der Waals surface area contributed by atoms with E-state index in [9.17, 15) is 9.59 Å². The van der Waals surface area contributed by atoms with Crippen LogP contribution in [0.2, 0.25) is 0 Å². The summed E-state index contributed by atoms with van der Waals surface area (Å²) in [6.45, 7) is 0.851. The van der Waals surface area contributed by atoms with Crippen LogP contribution in [0.5, 0.6) is 0 Å². The van der Waals surface area contributed by atoms with Gasteiger partial charge in [-0.05, 0) is 23.1 Å². The van der Waals surface area contributed by atoms with Gasteiger partial charge in [0, 0.05) is 19.5 Å². The van der Waals surface area contributed by atoms with E-state index >= 15 is 0 Å². The topological polar surface area (TPSA) is 63.4 Å². The predicted octanol–water partition coefficient (Wildman–Crippen LogP) is 3.77. The van der Waals surface area contributed by atoms with Crippen molar-refractivity contribution in [2.24, 2.45) is 5.73 Å². The van der Waals surface area contributed by atoms with Gasteiger partial charge in [-0.1, -0.05) is 91.0 Å². The van der Waals surface area contributed by atoms with Crippen LogP contribution in [0.1, 0.15) is 29.0 Å². The van der Waals surface area contributed by atoms with Crippen LogP contribution in [-0.4, -0.2) is 29.8 Å². The Hall–Kier alpha value is -3.40. The first-order valence-electron chi connectivity index (χ1n) is 9.86. The number of hydrogen-bond acceptors (Lipinski definition) is 2. The Labute approximate surface area is 172 Å². The summed E-state index contributed by atoms with van der Waals surface area (Å²) >= 11 is 0. The average molecular weight is 386 g/mol. The van der Waals surface area contributed by atoms with E-state index in [0.717, 1.165) is 23.1 Å². The normalized spacial score (nSPS) is 10.7. The maximum Gasteiger partial charge on any atom is 0.234 e. The van der Waals surface area contributed by atoms with Gasteiger partial charge in [0.1, 0.15) is 0 Å². The lowest BCUT2D eigenvalue weighted by Crippen LogP contribution is -2.39. The van der Waals surface area contributed by atoms with Gasteiger partial charge in [-0.15, -0.1) is 0 Å². The molecule has 3 aromatic carbocycles. The van der Waals surface area contributed by atoms with E-state index in [2.05, 4.69) is 0 Å². The molecule has 29 heavy (non-hydrogen) atoms. The highest BCUT2D eigenvalue weighted by atomic mass is 16.2. The summed E-state index contributed by atoms with van der Waals surface area (Å²) in [5.41, 5.74) is 8.40. The van der Waals surface area contributed by atoms with E-state index in [-0.39, 0.29) is 12.3 Å². The molecule has 0 heterocycles. The van der Waals surface area contributed by atoms with Gasteiger partial charge < -0.3 is 10.6 Å². The Morgan fingerprint density at radius 2 is 1.21 bits per heavy atom. The van der Waals surface area contributed by atoms with Crippen molar-refractivity contribution >= 4 is 11.8 Å². The molecule has 0 spiro atoms. The third-order valence-electron chi connectivity index (χ3n) is 4.97. The monoisotopic (exact) mass is 386 g/mol. The van der Waals surface area contributed by atoms with Crippen LogP contribution in [0.25, 0.3) is 0 Å². The number of nitrogens with two attached hydrogens (primary N) is 1. The molecule has 3 rings (SSSR count). The first-order valence-corrected chi connectivity index (χ1v) is 9.86. The molecule has 0 aliphatic rings. The van der Waals surface area contributed by atoms with Crippen LogP contribution >= 0.6 is 0 Å². The number of primary amides is 1. The second-order valence-electron chi connectivity index (χ2n) is 7.03. The molecule has 0 saturated heterocycles. The van der Waals surface area contributed by atoms with E-state index in [1.165, 1.54) is 0 Å². The van der Waals surface area contributed by atoms with Gasteiger partial charge in [0.15, 0.2) is 0 Å². The second-order valence-corrected chi connectivity index (χ2v) is 7.03. The fourth-order valence-corrected chi connectivity index (χ4v) is 3.44. The molecular formula is C25H26N2O2. The molecule has 4 nitrogen and oxygen atoms in total. The smallest absolute Gasteiger partial charge is 0.234 e. The van der Waals surface area contributed by atoms with Crippen molar-refractivity contribution in [3.8, 4) is 0 Å². The summed E-state index contributed by atoms with van der Waals surface area (Å²) in [7, 11) is 0. The minimum absolute atomic E-state index is 0.0143. The van der Waals surface area contributed by atoms with E-state index in [1.54, 1.807) is 4.90 Å². The van der Waals surface area contributed by atoms with Crippen molar-refractivity contribution in [2.75, 3.05) is 13.1 Å². The molecule has 148 valence electrons. The molecule has 0 aromatic heterocycles. The van der Waals surface area contributed by atoms with Crippen LogP contribution in [0.15, 0.2) is 91.0 Å². The summed E-state index contributed by atoms with van der Waals surface area (Å²) < 4.78 is 0. The van der Waals surface area contributed by atoms with Crippen LogP contribution in [-0.2, 0) is 16.0 Å². The van der Waals surface area contributed by atoms with Gasteiger partial charge in [0.25, 0.3) is 0 Å². The highest BCUT2D eigenvalue weighted by Gasteiger charge is 2.27. The summed E-state index contributed by atoms with van der Waals surface area (Å²) in [4.78, 5) is 26.8. The lowest BCUT2D eigenvalue weighted by molar-refractivity contribution is -0.132. The van der Waals surface area contributed by atoms with Gasteiger partial charge in [-0.25, -0.2) is 0 Å². The molecule has 0 aliphatic carbocycles. The van der Waals surface area contributed by atoms with Gasteiger partial charge in [-0.2, -0.15) is 0 Å². The van der Waals surface area contributed by atoms with E-state index in [4.69, 9.17) is 5.73 Å². The van der Waals surface area contributed by atoms with Gasteiger partial charge in [0.05, 0.1) is 5.92 Å². The molecular weight excluding hydrogens is 360 g/mol. The molecule has 0 radical (unpaired) electrons. The number of amides is 2. The zero-order valence-corrected chi connectivity index (χ0v) is 16.4. The predicted molar refractivity (Wildman–Crippen MR) is 115 cm³/mol. The standard InChI is InChI=1S/C25H26N2O2/c26-23(28)17-19-27(18-16-20-10-4-1-5-11-20)25(29)24(21-12-6-2-7-13-21)22-14-8-3-9-15-22/h1-15,24H,16-19H2,(H2,26,28). The Morgan fingerprint density at radius 3 is 1.69 bits per heavy atom. The third-order valence-corrected chi connectivity index (χ3v) is 4.97. The molecule has 0 saturated carbocycles. The second kappa shape index (κ2) is 10.2. The summed E-state index contributed by atoms with van der Waals surface area (Å²) in [5.74, 6) is -0.834. The van der Waals surface area contributed by atoms with E-state index < -0.39 is 11.8 Å². The highest BCUT2D eigenvalue weighted by molar-refractivity contribution is 5.87. The first-order chi connectivity index (χ1) is 14.1. The van der Waals surface area contributed by atoms with Crippen molar-refractivity contribution in [2.45, 2.75) is 18.8 Å². The zero-order chi connectivity index (χ0) is 20.5. The van der Waals surface area contributed by atoms with Crippen molar-refractivity contribution < 1.29 is 9.59 Å². The van der Waals surface area contributed by atoms with Gasteiger partial charge >= 0.3 is 0 Å². The molecule has 2 amide bonds. The van der Waals surface area contributed by atoms with Crippen molar-refractivity contribution in [3.05, 3.63) is 108 Å². The summed E-state index contributed by atoms with van der Waals surface area (Å²) in [6.07, 6.45) is 0.873. The average Bonchev–Trinajstić information content (AvgIpc) is 2.76. The maximum atomic E-state index is 13.7. The molecule has 4 heteroatoms. The SMILES string of the molecule is NC(=O)CCN(CCc1ccccc1)C(=O)C(c1ccccc1)c1ccccc1. The molecule has 0 bridgehead atoms. The largest absolute Gasteiger partial charge is 0.370 e. The van der Waals surface area contributed by atoms with Crippen LogP contribution in [0.3, 0.4) is 0 Å². The maximum absolute atomic E-state index is 13.7. The van der Waals surface area contributed by atoms with Crippen LogP contribution in [0, 0.1) is 0 Å². The van der Waals surface area contributed by atoms with E-state index in [1.807, 2.05) is 91.0 Å². The number of nitrogens with zero attached hydrogens (tertiary/aromatic N) is 1. The lowest BCUT2D eigenvalue weighted by atomic mass is 9.90. The van der Waals surface area contributed by atoms with Crippen molar-refractivity contribution in [3.63, 3.8) is 0 Å². The van der Waals surface area contributed by atoms with Gasteiger partial charge in [-0.3, -0.25) is 9.59 Å². The van der Waals surface area contributed by atoms with Crippen LogP contribution < -0.4 is 5.73 Å². The summed E-state index contributed by atoms with van der Waals surface area (Å²) in [6, 6.07) is 29.6. The molecule has 0 atom stereocenters. The Kier molecular flexibility index (Phi) is 7.17.